The summed E-state index contributed by atoms with van der Waals surface area (Å²) in [4.78, 5) is 19.1. The number of nitrogens with zero attached hydrogens (tertiary/aromatic N) is 1. The normalized spacial score (nSPS) is 19.8. The minimum absolute atomic E-state index is 0.0723. The van der Waals surface area contributed by atoms with Gasteiger partial charge in [-0.25, -0.2) is 4.98 Å². The van der Waals surface area contributed by atoms with E-state index in [1.165, 1.54) is 0 Å². The Kier molecular flexibility index (Phi) is 5.10. The minimum atomic E-state index is -0.0723. The Bertz CT molecular complexity index is 450. The second-order valence-corrected chi connectivity index (χ2v) is 5.56. The molecule has 1 aliphatic rings. The van der Waals surface area contributed by atoms with E-state index in [0.29, 0.717) is 19.1 Å². The average molecular weight is 265 g/mol. The van der Waals surface area contributed by atoms with Crippen LogP contribution in [-0.2, 0) is 11.3 Å². The van der Waals surface area contributed by atoms with Gasteiger partial charge in [0.25, 0.3) is 5.56 Å². The molecule has 5 nitrogen and oxygen atoms in total. The number of ether oxygens (including phenoxy) is 1. The van der Waals surface area contributed by atoms with E-state index in [-0.39, 0.29) is 11.5 Å². The van der Waals surface area contributed by atoms with Crippen LogP contribution in [0.4, 0.5) is 0 Å². The fourth-order valence-electron chi connectivity index (χ4n) is 2.26. The molecule has 1 aliphatic heterocycles. The van der Waals surface area contributed by atoms with Crippen LogP contribution in [0.3, 0.4) is 0 Å². The van der Waals surface area contributed by atoms with Crippen LogP contribution >= 0.6 is 0 Å². The van der Waals surface area contributed by atoms with E-state index in [4.69, 9.17) is 4.74 Å². The van der Waals surface area contributed by atoms with E-state index < -0.39 is 0 Å². The van der Waals surface area contributed by atoms with Crippen molar-refractivity contribution in [2.75, 3.05) is 19.8 Å². The van der Waals surface area contributed by atoms with Crippen molar-refractivity contribution >= 4 is 0 Å². The standard InChI is InChI=1S/C14H23N3O2/c1-10(2)7-15-8-12-6-13(18)17-14(16-12)11-4-3-5-19-9-11/h6,10-11,15H,3-5,7-9H2,1-2H3,(H,16,17,18). The van der Waals surface area contributed by atoms with E-state index in [1.54, 1.807) is 6.07 Å². The molecular weight excluding hydrogens is 242 g/mol. The molecule has 19 heavy (non-hydrogen) atoms. The monoisotopic (exact) mass is 265 g/mol. The van der Waals surface area contributed by atoms with Gasteiger partial charge in [0.05, 0.1) is 12.3 Å². The molecule has 0 spiro atoms. The predicted molar refractivity (Wildman–Crippen MR) is 74.2 cm³/mol. The van der Waals surface area contributed by atoms with Gasteiger partial charge in [-0.05, 0) is 25.3 Å². The minimum Gasteiger partial charge on any atom is -0.381 e. The Labute approximate surface area is 113 Å². The Balaban J connectivity index is 2.03. The molecular formula is C14H23N3O2. The molecule has 106 valence electrons. The van der Waals surface area contributed by atoms with Gasteiger partial charge in [-0.15, -0.1) is 0 Å². The first-order valence-corrected chi connectivity index (χ1v) is 7.03. The van der Waals surface area contributed by atoms with Gasteiger partial charge in [0.15, 0.2) is 0 Å². The van der Waals surface area contributed by atoms with Crippen LogP contribution in [0.1, 0.15) is 44.1 Å². The first-order chi connectivity index (χ1) is 9.15. The quantitative estimate of drug-likeness (QED) is 0.844. The van der Waals surface area contributed by atoms with Gasteiger partial charge in [0.2, 0.25) is 0 Å². The fourth-order valence-corrected chi connectivity index (χ4v) is 2.26. The smallest absolute Gasteiger partial charge is 0.251 e. The summed E-state index contributed by atoms with van der Waals surface area (Å²) < 4.78 is 5.45. The zero-order chi connectivity index (χ0) is 13.7. The van der Waals surface area contributed by atoms with Crippen molar-refractivity contribution in [3.05, 3.63) is 27.9 Å². The lowest BCUT2D eigenvalue weighted by molar-refractivity contribution is 0.0779. The highest BCUT2D eigenvalue weighted by Crippen LogP contribution is 2.21. The van der Waals surface area contributed by atoms with Crippen molar-refractivity contribution in [2.24, 2.45) is 5.92 Å². The topological polar surface area (TPSA) is 67.0 Å². The third kappa shape index (κ3) is 4.44. The maximum Gasteiger partial charge on any atom is 0.251 e. The highest BCUT2D eigenvalue weighted by atomic mass is 16.5. The number of aromatic nitrogens is 2. The molecule has 1 fully saturated rings. The highest BCUT2D eigenvalue weighted by molar-refractivity contribution is 5.06. The summed E-state index contributed by atoms with van der Waals surface area (Å²) in [6.45, 7) is 7.35. The molecule has 0 bridgehead atoms. The van der Waals surface area contributed by atoms with E-state index in [1.807, 2.05) is 0 Å². The van der Waals surface area contributed by atoms with Crippen LogP contribution in [0.2, 0.25) is 0 Å². The van der Waals surface area contributed by atoms with Crippen LogP contribution in [-0.4, -0.2) is 29.7 Å². The SMILES string of the molecule is CC(C)CNCc1cc(=O)[nH]c(C2CCCOC2)n1. The summed E-state index contributed by atoms with van der Waals surface area (Å²) in [7, 11) is 0. The first-order valence-electron chi connectivity index (χ1n) is 7.03. The Hall–Kier alpha value is -1.20. The van der Waals surface area contributed by atoms with E-state index >= 15 is 0 Å². The lowest BCUT2D eigenvalue weighted by Crippen LogP contribution is -2.25. The summed E-state index contributed by atoms with van der Waals surface area (Å²) >= 11 is 0. The third-order valence-electron chi connectivity index (χ3n) is 3.22. The van der Waals surface area contributed by atoms with Crippen LogP contribution in [0.25, 0.3) is 0 Å². The molecule has 1 saturated heterocycles. The van der Waals surface area contributed by atoms with Crippen LogP contribution in [0.15, 0.2) is 10.9 Å². The van der Waals surface area contributed by atoms with E-state index in [0.717, 1.165) is 37.5 Å². The van der Waals surface area contributed by atoms with Crippen LogP contribution < -0.4 is 10.9 Å². The van der Waals surface area contributed by atoms with Crippen molar-refractivity contribution < 1.29 is 4.74 Å². The molecule has 0 aromatic carbocycles. The molecule has 2 heterocycles. The fraction of sp³-hybridized carbons (Fsp3) is 0.714. The van der Waals surface area contributed by atoms with Gasteiger partial charge in [0, 0.05) is 25.1 Å². The second kappa shape index (κ2) is 6.82. The number of hydrogen-bond donors (Lipinski definition) is 2. The molecule has 2 N–H and O–H groups in total. The van der Waals surface area contributed by atoms with Gasteiger partial charge < -0.3 is 15.0 Å². The van der Waals surface area contributed by atoms with Gasteiger partial charge in [-0.1, -0.05) is 13.8 Å². The summed E-state index contributed by atoms with van der Waals surface area (Å²) in [5, 5.41) is 3.31. The molecule has 0 radical (unpaired) electrons. The molecule has 1 aromatic heterocycles. The molecule has 0 amide bonds. The first kappa shape index (κ1) is 14.2. The van der Waals surface area contributed by atoms with Crippen molar-refractivity contribution in [1.82, 2.24) is 15.3 Å². The van der Waals surface area contributed by atoms with Gasteiger partial charge in [-0.3, -0.25) is 4.79 Å². The molecule has 2 rings (SSSR count). The number of hydrogen-bond acceptors (Lipinski definition) is 4. The van der Waals surface area contributed by atoms with Crippen molar-refractivity contribution in [3.8, 4) is 0 Å². The highest BCUT2D eigenvalue weighted by Gasteiger charge is 2.18. The van der Waals surface area contributed by atoms with Gasteiger partial charge in [-0.2, -0.15) is 0 Å². The molecule has 1 unspecified atom stereocenters. The molecule has 1 atom stereocenters. The maximum absolute atomic E-state index is 11.7. The second-order valence-electron chi connectivity index (χ2n) is 5.56. The Morgan fingerprint density at radius 2 is 2.42 bits per heavy atom. The number of H-pyrrole nitrogens is 1. The zero-order valence-corrected chi connectivity index (χ0v) is 11.7. The van der Waals surface area contributed by atoms with Gasteiger partial charge >= 0.3 is 0 Å². The molecule has 0 saturated carbocycles. The van der Waals surface area contributed by atoms with E-state index in [2.05, 4.69) is 29.1 Å². The zero-order valence-electron chi connectivity index (χ0n) is 11.7. The predicted octanol–water partition coefficient (Wildman–Crippen LogP) is 1.41. The Morgan fingerprint density at radius 1 is 1.58 bits per heavy atom. The summed E-state index contributed by atoms with van der Waals surface area (Å²) in [6, 6.07) is 1.57. The van der Waals surface area contributed by atoms with Crippen LogP contribution in [0.5, 0.6) is 0 Å². The average Bonchev–Trinajstić information content (AvgIpc) is 2.39. The molecule has 0 aliphatic carbocycles. The Morgan fingerprint density at radius 3 is 3.11 bits per heavy atom. The number of nitrogens with one attached hydrogen (secondary N) is 2. The third-order valence-corrected chi connectivity index (χ3v) is 3.22. The number of aromatic amines is 1. The number of rotatable bonds is 5. The lowest BCUT2D eigenvalue weighted by atomic mass is 10.0. The largest absolute Gasteiger partial charge is 0.381 e. The van der Waals surface area contributed by atoms with Crippen LogP contribution in [0, 0.1) is 5.92 Å². The summed E-state index contributed by atoms with van der Waals surface area (Å²) in [5.41, 5.74) is 0.738. The summed E-state index contributed by atoms with van der Waals surface area (Å²) in [5.74, 6) is 1.59. The maximum atomic E-state index is 11.7. The van der Waals surface area contributed by atoms with Crippen molar-refractivity contribution in [1.29, 1.82) is 0 Å². The van der Waals surface area contributed by atoms with Crippen molar-refractivity contribution in [2.45, 2.75) is 39.2 Å². The summed E-state index contributed by atoms with van der Waals surface area (Å²) in [6.07, 6.45) is 2.07. The van der Waals surface area contributed by atoms with E-state index in [9.17, 15) is 4.79 Å². The van der Waals surface area contributed by atoms with Gasteiger partial charge in [0.1, 0.15) is 5.82 Å². The molecule has 5 heteroatoms. The van der Waals surface area contributed by atoms with Crippen molar-refractivity contribution in [3.63, 3.8) is 0 Å². The molecule has 1 aromatic rings. The lowest BCUT2D eigenvalue weighted by Gasteiger charge is -2.21.